The van der Waals surface area contributed by atoms with Crippen molar-refractivity contribution in [3.05, 3.63) is 48.6 Å². The Balaban J connectivity index is 3.86. The fraction of sp³-hybridized carbons (Fsp3) is 0.778. The maximum absolute atomic E-state index is 6.38. The summed E-state index contributed by atoms with van der Waals surface area (Å²) >= 11 is 0. The Kier molecular flexibility index (Phi) is 31.1. The van der Waals surface area contributed by atoms with Gasteiger partial charge in [-0.15, -0.1) is 0 Å². The van der Waals surface area contributed by atoms with Gasteiger partial charge in [0.05, 0.1) is 6.10 Å². The van der Waals surface area contributed by atoms with Gasteiger partial charge in [-0.2, -0.15) is 0 Å². The van der Waals surface area contributed by atoms with Gasteiger partial charge in [0, 0.05) is 6.61 Å². The number of hydrogen-bond donors (Lipinski definition) is 0. The lowest BCUT2D eigenvalue weighted by atomic mass is 10.0. The van der Waals surface area contributed by atoms with Crippen molar-refractivity contribution in [1.29, 1.82) is 0 Å². The number of ether oxygens (including phenoxy) is 1. The highest BCUT2D eigenvalue weighted by molar-refractivity contribution is 4.96. The molecule has 0 heterocycles. The lowest BCUT2D eigenvalue weighted by Crippen LogP contribution is -2.16. The van der Waals surface area contributed by atoms with Crippen LogP contribution in [0.5, 0.6) is 0 Å². The van der Waals surface area contributed by atoms with Gasteiger partial charge in [-0.25, -0.2) is 0 Å². The number of rotatable bonds is 29. The molecule has 2 nitrogen and oxygen atoms in total. The summed E-state index contributed by atoms with van der Waals surface area (Å²) in [5.74, 6) is 0. The molecular formula is C36H67NO. The molecule has 0 saturated heterocycles. The summed E-state index contributed by atoms with van der Waals surface area (Å²) in [5, 5.41) is 0. The zero-order valence-corrected chi connectivity index (χ0v) is 26.3. The lowest BCUT2D eigenvalue weighted by molar-refractivity contribution is 0.0353. The van der Waals surface area contributed by atoms with Crippen LogP contribution in [0.1, 0.15) is 149 Å². The van der Waals surface area contributed by atoms with E-state index in [1.165, 1.54) is 122 Å². The highest BCUT2D eigenvalue weighted by Crippen LogP contribution is 2.18. The monoisotopic (exact) mass is 530 g/mol. The minimum absolute atomic E-state index is 0.492. The van der Waals surface area contributed by atoms with E-state index in [9.17, 15) is 0 Å². The Bertz CT molecular complexity index is 560. The molecule has 1 atom stereocenters. The molecule has 1 unspecified atom stereocenters. The van der Waals surface area contributed by atoms with Gasteiger partial charge >= 0.3 is 0 Å². The molecule has 0 aliphatic rings. The van der Waals surface area contributed by atoms with Crippen molar-refractivity contribution in [1.82, 2.24) is 4.90 Å². The van der Waals surface area contributed by atoms with Crippen LogP contribution < -0.4 is 0 Å². The molecule has 0 fully saturated rings. The van der Waals surface area contributed by atoms with E-state index in [2.05, 4.69) is 81.5 Å². The van der Waals surface area contributed by atoms with Gasteiger partial charge in [0.2, 0.25) is 0 Å². The molecule has 2 heteroatoms. The van der Waals surface area contributed by atoms with E-state index in [1.807, 2.05) is 0 Å². The van der Waals surface area contributed by atoms with Gasteiger partial charge in [0.25, 0.3) is 0 Å². The summed E-state index contributed by atoms with van der Waals surface area (Å²) in [7, 11) is 4.32. The number of nitrogens with zero attached hydrogens (tertiary/aromatic N) is 1. The third-order valence-corrected chi connectivity index (χ3v) is 7.16. The predicted molar refractivity (Wildman–Crippen MR) is 173 cm³/mol. The van der Waals surface area contributed by atoms with Crippen molar-refractivity contribution in [3.8, 4) is 0 Å². The van der Waals surface area contributed by atoms with Crippen molar-refractivity contribution in [3.63, 3.8) is 0 Å². The van der Waals surface area contributed by atoms with E-state index >= 15 is 0 Å². The zero-order valence-electron chi connectivity index (χ0n) is 26.3. The highest BCUT2D eigenvalue weighted by atomic mass is 16.5. The SMILES string of the molecule is C/C=C\CCCCCCCCC(CCCCCCCC/C=C\C/C=C\C/C=C\CC)OCCCCN(C)C. The van der Waals surface area contributed by atoms with Crippen molar-refractivity contribution < 1.29 is 4.74 Å². The molecule has 0 saturated carbocycles. The van der Waals surface area contributed by atoms with Gasteiger partial charge in [-0.3, -0.25) is 0 Å². The topological polar surface area (TPSA) is 12.5 Å². The van der Waals surface area contributed by atoms with Gasteiger partial charge in [-0.05, 0) is 98.2 Å². The average Bonchev–Trinajstić information content (AvgIpc) is 2.91. The first-order chi connectivity index (χ1) is 18.7. The molecule has 0 spiro atoms. The molecule has 0 N–H and O–H groups in total. The lowest BCUT2D eigenvalue weighted by Gasteiger charge is -2.18. The van der Waals surface area contributed by atoms with Crippen LogP contribution in [-0.2, 0) is 4.74 Å². The third-order valence-electron chi connectivity index (χ3n) is 7.16. The molecule has 222 valence electrons. The quantitative estimate of drug-likeness (QED) is 0.0705. The maximum Gasteiger partial charge on any atom is 0.0575 e. The van der Waals surface area contributed by atoms with E-state index < -0.39 is 0 Å². The molecule has 0 aromatic carbocycles. The number of unbranched alkanes of at least 4 members (excludes halogenated alkanes) is 13. The first-order valence-corrected chi connectivity index (χ1v) is 16.5. The summed E-state index contributed by atoms with van der Waals surface area (Å²) in [6.45, 7) is 6.42. The second-order valence-electron chi connectivity index (χ2n) is 11.3. The third kappa shape index (κ3) is 31.1. The van der Waals surface area contributed by atoms with Crippen LogP contribution in [0.2, 0.25) is 0 Å². The maximum atomic E-state index is 6.38. The highest BCUT2D eigenvalue weighted by Gasteiger charge is 2.09. The Morgan fingerprint density at radius 1 is 0.553 bits per heavy atom. The van der Waals surface area contributed by atoms with Gasteiger partial charge < -0.3 is 9.64 Å². The van der Waals surface area contributed by atoms with Crippen LogP contribution in [0, 0.1) is 0 Å². The van der Waals surface area contributed by atoms with Gasteiger partial charge in [0.1, 0.15) is 0 Å². The van der Waals surface area contributed by atoms with E-state index in [4.69, 9.17) is 4.74 Å². The molecule has 0 rings (SSSR count). The first-order valence-electron chi connectivity index (χ1n) is 16.5. The predicted octanol–water partition coefficient (Wildman–Crippen LogP) is 11.4. The molecule has 0 aromatic rings. The van der Waals surface area contributed by atoms with Crippen LogP contribution in [0.3, 0.4) is 0 Å². The zero-order chi connectivity index (χ0) is 27.8. The summed E-state index contributed by atoms with van der Waals surface area (Å²) in [5.41, 5.74) is 0. The molecule has 0 aliphatic carbocycles. The average molecular weight is 530 g/mol. The van der Waals surface area contributed by atoms with Gasteiger partial charge in [0.15, 0.2) is 0 Å². The van der Waals surface area contributed by atoms with E-state index in [1.54, 1.807) is 0 Å². The van der Waals surface area contributed by atoms with Crippen LogP contribution in [0.4, 0.5) is 0 Å². The molecule has 38 heavy (non-hydrogen) atoms. The van der Waals surface area contributed by atoms with Crippen LogP contribution >= 0.6 is 0 Å². The molecule has 0 amide bonds. The van der Waals surface area contributed by atoms with E-state index in [0.29, 0.717) is 6.10 Å². The number of hydrogen-bond acceptors (Lipinski definition) is 2. The minimum Gasteiger partial charge on any atom is -0.378 e. The standard InChI is InChI=1S/C36H67NO/c1-5-7-9-11-13-15-16-17-18-19-20-21-23-25-27-29-33-36(38-35-31-30-34-37(3)4)32-28-26-24-22-14-12-10-8-6-2/h6-9,13,15,17-18,36H,5,10-12,14,16,19-35H2,1-4H3/b8-6-,9-7-,15-13-,18-17-. The van der Waals surface area contributed by atoms with Crippen molar-refractivity contribution in [2.24, 2.45) is 0 Å². The minimum atomic E-state index is 0.492. The molecular weight excluding hydrogens is 462 g/mol. The summed E-state index contributed by atoms with van der Waals surface area (Å²) < 4.78 is 6.38. The number of allylic oxidation sites excluding steroid dienone is 8. The van der Waals surface area contributed by atoms with Crippen molar-refractivity contribution >= 4 is 0 Å². The largest absolute Gasteiger partial charge is 0.378 e. The normalized spacial score (nSPS) is 13.4. The Labute approximate surface area is 240 Å². The van der Waals surface area contributed by atoms with Crippen molar-refractivity contribution in [2.75, 3.05) is 27.2 Å². The van der Waals surface area contributed by atoms with Crippen LogP contribution in [0.25, 0.3) is 0 Å². The molecule has 0 bridgehead atoms. The smallest absolute Gasteiger partial charge is 0.0575 e. The Hall–Kier alpha value is -1.12. The second kappa shape index (κ2) is 32.1. The summed E-state index contributed by atoms with van der Waals surface area (Å²) in [4.78, 5) is 2.28. The second-order valence-corrected chi connectivity index (χ2v) is 11.3. The van der Waals surface area contributed by atoms with E-state index in [-0.39, 0.29) is 0 Å². The van der Waals surface area contributed by atoms with E-state index in [0.717, 1.165) is 25.9 Å². The first kappa shape index (κ1) is 36.9. The molecule has 0 radical (unpaired) electrons. The fourth-order valence-electron chi connectivity index (χ4n) is 4.77. The van der Waals surface area contributed by atoms with Crippen LogP contribution in [0.15, 0.2) is 48.6 Å². The van der Waals surface area contributed by atoms with Gasteiger partial charge in [-0.1, -0.05) is 120 Å². The fourth-order valence-corrected chi connectivity index (χ4v) is 4.77. The Morgan fingerprint density at radius 2 is 1.05 bits per heavy atom. The van der Waals surface area contributed by atoms with Crippen LogP contribution in [-0.4, -0.2) is 38.3 Å². The summed E-state index contributed by atoms with van der Waals surface area (Å²) in [6.07, 6.45) is 45.9. The molecule has 0 aromatic heterocycles. The van der Waals surface area contributed by atoms with Crippen molar-refractivity contribution in [2.45, 2.75) is 155 Å². The Morgan fingerprint density at radius 3 is 1.61 bits per heavy atom. The molecule has 0 aliphatic heterocycles. The summed E-state index contributed by atoms with van der Waals surface area (Å²) in [6, 6.07) is 0.